The lowest BCUT2D eigenvalue weighted by Gasteiger charge is -2.06. The van der Waals surface area contributed by atoms with Crippen LogP contribution in [0.15, 0.2) is 42.6 Å². The summed E-state index contributed by atoms with van der Waals surface area (Å²) in [6, 6.07) is 10.6. The summed E-state index contributed by atoms with van der Waals surface area (Å²) in [5.74, 6) is 0.0915. The van der Waals surface area contributed by atoms with Gasteiger partial charge in [-0.2, -0.15) is 0 Å². The van der Waals surface area contributed by atoms with Gasteiger partial charge in [-0.1, -0.05) is 18.2 Å². The highest BCUT2D eigenvalue weighted by atomic mass is 16.3. The van der Waals surface area contributed by atoms with E-state index in [-0.39, 0.29) is 11.7 Å². The Bertz CT molecular complexity index is 565. The number of amides is 1. The van der Waals surface area contributed by atoms with Crippen molar-refractivity contribution in [2.24, 2.45) is 0 Å². The molecule has 0 saturated heterocycles. The number of phenols is 1. The van der Waals surface area contributed by atoms with Gasteiger partial charge in [0.15, 0.2) is 0 Å². The minimum Gasteiger partial charge on any atom is -0.508 e. The Hall–Kier alpha value is -2.36. The van der Waals surface area contributed by atoms with E-state index in [1.165, 1.54) is 0 Å². The molecule has 2 rings (SSSR count). The molecule has 1 heterocycles. The van der Waals surface area contributed by atoms with Crippen LogP contribution in [0, 0.1) is 6.92 Å². The van der Waals surface area contributed by atoms with Crippen LogP contribution in [0.3, 0.4) is 0 Å². The van der Waals surface area contributed by atoms with E-state index in [1.54, 1.807) is 18.3 Å². The molecule has 2 N–H and O–H groups in total. The van der Waals surface area contributed by atoms with Crippen molar-refractivity contribution in [1.82, 2.24) is 10.3 Å². The minimum absolute atomic E-state index is 0.156. The number of hydrogen-bond acceptors (Lipinski definition) is 3. The molecule has 0 saturated carbocycles. The quantitative estimate of drug-likeness (QED) is 0.880. The molecule has 0 fully saturated rings. The third-order valence-corrected chi connectivity index (χ3v) is 2.86. The van der Waals surface area contributed by atoms with E-state index in [2.05, 4.69) is 10.3 Å². The van der Waals surface area contributed by atoms with Crippen LogP contribution in [0.4, 0.5) is 0 Å². The lowest BCUT2D eigenvalue weighted by molar-refractivity contribution is 0.0948. The average molecular weight is 256 g/mol. The number of aromatic hydroxyl groups is 1. The molecule has 0 spiro atoms. The Balaban J connectivity index is 1.88. The van der Waals surface area contributed by atoms with Crippen molar-refractivity contribution in [1.29, 1.82) is 0 Å². The molecule has 19 heavy (non-hydrogen) atoms. The summed E-state index contributed by atoms with van der Waals surface area (Å²) in [6.07, 6.45) is 2.33. The summed E-state index contributed by atoms with van der Waals surface area (Å²) >= 11 is 0. The average Bonchev–Trinajstić information content (AvgIpc) is 2.41. The van der Waals surface area contributed by atoms with Gasteiger partial charge in [-0.25, -0.2) is 0 Å². The summed E-state index contributed by atoms with van der Waals surface area (Å²) < 4.78 is 0. The summed E-state index contributed by atoms with van der Waals surface area (Å²) in [6.45, 7) is 2.40. The predicted octanol–water partition coefficient (Wildman–Crippen LogP) is 2.07. The van der Waals surface area contributed by atoms with E-state index in [1.807, 2.05) is 31.2 Å². The first-order valence-corrected chi connectivity index (χ1v) is 6.14. The van der Waals surface area contributed by atoms with Gasteiger partial charge in [-0.3, -0.25) is 9.78 Å². The number of pyridine rings is 1. The van der Waals surface area contributed by atoms with Crippen LogP contribution < -0.4 is 5.32 Å². The SMILES string of the molecule is Cc1cccnc1C(=O)NCCc1ccc(O)cc1. The van der Waals surface area contributed by atoms with Gasteiger partial charge in [0.1, 0.15) is 11.4 Å². The van der Waals surface area contributed by atoms with Crippen molar-refractivity contribution in [3.63, 3.8) is 0 Å². The van der Waals surface area contributed by atoms with Crippen LogP contribution >= 0.6 is 0 Å². The van der Waals surface area contributed by atoms with Crippen LogP contribution in [0.25, 0.3) is 0 Å². The summed E-state index contributed by atoms with van der Waals surface area (Å²) in [5, 5.41) is 12.0. The first-order chi connectivity index (χ1) is 9.16. The molecule has 0 radical (unpaired) electrons. The molecule has 4 nitrogen and oxygen atoms in total. The van der Waals surface area contributed by atoms with E-state index < -0.39 is 0 Å². The molecule has 98 valence electrons. The molecule has 0 aliphatic rings. The topological polar surface area (TPSA) is 62.2 Å². The Morgan fingerprint density at radius 2 is 2.00 bits per heavy atom. The van der Waals surface area contributed by atoms with Crippen molar-refractivity contribution in [2.45, 2.75) is 13.3 Å². The second-order valence-corrected chi connectivity index (χ2v) is 4.34. The highest BCUT2D eigenvalue weighted by Gasteiger charge is 2.08. The number of rotatable bonds is 4. The molecule has 0 unspecified atom stereocenters. The zero-order valence-electron chi connectivity index (χ0n) is 10.8. The van der Waals surface area contributed by atoms with Crippen molar-refractivity contribution in [2.75, 3.05) is 6.54 Å². The molecule has 0 aliphatic heterocycles. The first kappa shape index (κ1) is 13.1. The molecule has 1 amide bonds. The maximum Gasteiger partial charge on any atom is 0.270 e. The number of hydrogen-bond donors (Lipinski definition) is 2. The Morgan fingerprint density at radius 1 is 1.26 bits per heavy atom. The third kappa shape index (κ3) is 3.55. The molecule has 2 aromatic rings. The molecule has 1 aromatic carbocycles. The van der Waals surface area contributed by atoms with Gasteiger partial charge >= 0.3 is 0 Å². The second kappa shape index (κ2) is 6.00. The minimum atomic E-state index is -0.156. The van der Waals surface area contributed by atoms with Gasteiger partial charge in [0, 0.05) is 12.7 Å². The highest BCUT2D eigenvalue weighted by Crippen LogP contribution is 2.09. The number of nitrogens with zero attached hydrogens (tertiary/aromatic N) is 1. The van der Waals surface area contributed by atoms with E-state index in [9.17, 15) is 9.90 Å². The van der Waals surface area contributed by atoms with Crippen LogP contribution in [-0.4, -0.2) is 22.5 Å². The Kier molecular flexibility index (Phi) is 4.13. The Labute approximate surface area is 112 Å². The van der Waals surface area contributed by atoms with Crippen molar-refractivity contribution < 1.29 is 9.90 Å². The molecule has 0 bridgehead atoms. The van der Waals surface area contributed by atoms with Gasteiger partial charge in [0.25, 0.3) is 5.91 Å². The maximum atomic E-state index is 11.9. The fraction of sp³-hybridized carbons (Fsp3) is 0.200. The van der Waals surface area contributed by atoms with E-state index in [0.717, 1.165) is 17.5 Å². The number of nitrogens with one attached hydrogen (secondary N) is 1. The smallest absolute Gasteiger partial charge is 0.270 e. The molecule has 0 aliphatic carbocycles. The van der Waals surface area contributed by atoms with Crippen LogP contribution in [0.1, 0.15) is 21.6 Å². The normalized spacial score (nSPS) is 10.2. The zero-order valence-corrected chi connectivity index (χ0v) is 10.8. The predicted molar refractivity (Wildman–Crippen MR) is 73.1 cm³/mol. The number of benzene rings is 1. The molecular formula is C15H16N2O2. The lowest BCUT2D eigenvalue weighted by Crippen LogP contribution is -2.27. The summed E-state index contributed by atoms with van der Waals surface area (Å²) in [7, 11) is 0. The maximum absolute atomic E-state index is 11.9. The lowest BCUT2D eigenvalue weighted by atomic mass is 10.1. The number of aryl methyl sites for hydroxylation is 1. The van der Waals surface area contributed by atoms with Crippen molar-refractivity contribution >= 4 is 5.91 Å². The molecule has 4 heteroatoms. The molecular weight excluding hydrogens is 240 g/mol. The highest BCUT2D eigenvalue weighted by molar-refractivity contribution is 5.93. The molecule has 1 aromatic heterocycles. The largest absolute Gasteiger partial charge is 0.508 e. The van der Waals surface area contributed by atoms with Crippen molar-refractivity contribution in [3.05, 3.63) is 59.4 Å². The molecule has 0 atom stereocenters. The third-order valence-electron chi connectivity index (χ3n) is 2.86. The second-order valence-electron chi connectivity index (χ2n) is 4.34. The van der Waals surface area contributed by atoms with Crippen LogP contribution in [0.2, 0.25) is 0 Å². The first-order valence-electron chi connectivity index (χ1n) is 6.14. The van der Waals surface area contributed by atoms with Gasteiger partial charge in [0.2, 0.25) is 0 Å². The van der Waals surface area contributed by atoms with E-state index in [4.69, 9.17) is 0 Å². The number of carbonyl (C=O) groups excluding carboxylic acids is 1. The van der Waals surface area contributed by atoms with Gasteiger partial charge in [-0.05, 0) is 42.7 Å². The van der Waals surface area contributed by atoms with E-state index in [0.29, 0.717) is 12.2 Å². The summed E-state index contributed by atoms with van der Waals surface area (Å²) in [5.41, 5.74) is 2.40. The Morgan fingerprint density at radius 3 is 2.68 bits per heavy atom. The van der Waals surface area contributed by atoms with Crippen LogP contribution in [-0.2, 0) is 6.42 Å². The number of phenolic OH excluding ortho intramolecular Hbond substituents is 1. The summed E-state index contributed by atoms with van der Waals surface area (Å²) in [4.78, 5) is 16.0. The zero-order chi connectivity index (χ0) is 13.7. The fourth-order valence-electron chi connectivity index (χ4n) is 1.79. The monoisotopic (exact) mass is 256 g/mol. The standard InChI is InChI=1S/C15H16N2O2/c1-11-3-2-9-16-14(11)15(19)17-10-8-12-4-6-13(18)7-5-12/h2-7,9,18H,8,10H2,1H3,(H,17,19). The van der Waals surface area contributed by atoms with E-state index >= 15 is 0 Å². The van der Waals surface area contributed by atoms with Gasteiger partial charge in [-0.15, -0.1) is 0 Å². The number of carbonyl (C=O) groups is 1. The number of aromatic nitrogens is 1. The van der Waals surface area contributed by atoms with Gasteiger partial charge < -0.3 is 10.4 Å². The van der Waals surface area contributed by atoms with Gasteiger partial charge in [0.05, 0.1) is 0 Å². The van der Waals surface area contributed by atoms with Crippen LogP contribution in [0.5, 0.6) is 5.75 Å². The van der Waals surface area contributed by atoms with Crippen molar-refractivity contribution in [3.8, 4) is 5.75 Å². The fourth-order valence-corrected chi connectivity index (χ4v) is 1.79.